The molecular formula is C8H19AlCl. The number of hydrogen-bond donors (Lipinski definition) is 0. The second-order valence-electron chi connectivity index (χ2n) is 4.88. The molecule has 0 atom stereocenters. The normalized spacial score (nSPS) is 12.2. The first-order valence-electron chi connectivity index (χ1n) is 3.58. The van der Waals surface area contributed by atoms with Gasteiger partial charge in [0.25, 0.3) is 0 Å². The Morgan fingerprint density at radius 3 is 0.900 bits per heavy atom. The molecule has 0 spiro atoms. The van der Waals surface area contributed by atoms with Crippen LogP contribution in [0.3, 0.4) is 0 Å². The molecule has 2 heteroatoms. The first kappa shape index (κ1) is 13.4. The molecule has 0 bridgehead atoms. The Bertz CT molecular complexity index is 74.4. The minimum Gasteiger partial charge on any atom is -0.147 e. The van der Waals surface area contributed by atoms with Crippen molar-refractivity contribution in [3.63, 3.8) is 0 Å². The van der Waals surface area contributed by atoms with E-state index in [1.807, 2.05) is 0 Å². The highest BCUT2D eigenvalue weighted by molar-refractivity contribution is 6.43. The van der Waals surface area contributed by atoms with Crippen molar-refractivity contribution in [1.82, 2.24) is 0 Å². The summed E-state index contributed by atoms with van der Waals surface area (Å²) in [4.78, 5) is 0. The quantitative estimate of drug-likeness (QED) is 0.497. The molecule has 0 aromatic rings. The zero-order chi connectivity index (χ0) is 7.71. The van der Waals surface area contributed by atoms with Gasteiger partial charge in [-0.15, -0.1) is 12.4 Å². The third kappa shape index (κ3) is 11.6. The second kappa shape index (κ2) is 4.00. The van der Waals surface area contributed by atoms with Crippen molar-refractivity contribution in [3.05, 3.63) is 0 Å². The lowest BCUT2D eigenvalue weighted by atomic mass is 10.2. The Hall–Kier alpha value is 0.822. The molecule has 0 nitrogen and oxygen atoms in total. The van der Waals surface area contributed by atoms with Crippen LogP contribution in [0.5, 0.6) is 0 Å². The van der Waals surface area contributed by atoms with Gasteiger partial charge in [-0.3, -0.25) is 0 Å². The summed E-state index contributed by atoms with van der Waals surface area (Å²) in [6.07, 6.45) is 0. The van der Waals surface area contributed by atoms with E-state index in [0.29, 0.717) is 23.8 Å². The van der Waals surface area contributed by atoms with Crippen LogP contribution in [0, 0.1) is 0 Å². The lowest BCUT2D eigenvalue weighted by Crippen LogP contribution is -2.18. The number of halogens is 1. The van der Waals surface area contributed by atoms with E-state index in [-0.39, 0.29) is 12.4 Å². The maximum absolute atomic E-state index is 2.33. The summed E-state index contributed by atoms with van der Waals surface area (Å²) in [7, 11) is 0. The fourth-order valence-electron chi connectivity index (χ4n) is 1.30. The molecule has 0 heterocycles. The lowest BCUT2D eigenvalue weighted by molar-refractivity contribution is 0.668. The maximum atomic E-state index is 2.33. The van der Waals surface area contributed by atoms with E-state index in [4.69, 9.17) is 0 Å². The van der Waals surface area contributed by atoms with E-state index in [0.717, 1.165) is 0 Å². The van der Waals surface area contributed by atoms with E-state index in [9.17, 15) is 0 Å². The van der Waals surface area contributed by atoms with Crippen molar-refractivity contribution in [2.75, 3.05) is 0 Å². The summed E-state index contributed by atoms with van der Waals surface area (Å²) in [6, 6.07) is 0. The molecule has 10 heavy (non-hydrogen) atoms. The number of rotatable bonds is 0. The Morgan fingerprint density at radius 2 is 0.900 bits per heavy atom. The zero-order valence-corrected chi connectivity index (χ0v) is 9.96. The van der Waals surface area contributed by atoms with Gasteiger partial charge in [0.1, 0.15) is 0 Å². The molecule has 0 aliphatic carbocycles. The maximum Gasteiger partial charge on any atom is 0.218 e. The zero-order valence-electron chi connectivity index (χ0n) is 7.99. The SMILES string of the molecule is C[C](C)(C)[Al][C](C)(C)C.Cl. The van der Waals surface area contributed by atoms with E-state index in [1.165, 1.54) is 0 Å². The van der Waals surface area contributed by atoms with Crippen LogP contribution in [-0.4, -0.2) is 15.2 Å². The van der Waals surface area contributed by atoms with Crippen molar-refractivity contribution < 1.29 is 0 Å². The van der Waals surface area contributed by atoms with E-state index < -0.39 is 0 Å². The van der Waals surface area contributed by atoms with Gasteiger partial charge in [0.2, 0.25) is 15.2 Å². The topological polar surface area (TPSA) is 0 Å². The van der Waals surface area contributed by atoms with Crippen LogP contribution >= 0.6 is 12.4 Å². The molecule has 0 saturated carbocycles. The molecule has 0 aromatic carbocycles. The van der Waals surface area contributed by atoms with Crippen molar-refractivity contribution >= 4 is 27.6 Å². The van der Waals surface area contributed by atoms with Crippen LogP contribution in [0.2, 0.25) is 8.55 Å². The van der Waals surface area contributed by atoms with Crippen LogP contribution in [0.4, 0.5) is 0 Å². The van der Waals surface area contributed by atoms with Crippen molar-refractivity contribution in [2.24, 2.45) is 0 Å². The third-order valence-corrected chi connectivity index (χ3v) is 2.60. The fourth-order valence-corrected chi connectivity index (χ4v) is 3.90. The summed E-state index contributed by atoms with van der Waals surface area (Å²) in [5, 5.41) is 0. The molecular weight excluding hydrogens is 159 g/mol. The van der Waals surface area contributed by atoms with Gasteiger partial charge in [0, 0.05) is 0 Å². The second-order valence-corrected chi connectivity index (χ2v) is 8.63. The average molecular weight is 178 g/mol. The Morgan fingerprint density at radius 1 is 0.700 bits per heavy atom. The predicted molar refractivity (Wildman–Crippen MR) is 52.4 cm³/mol. The molecule has 0 unspecified atom stereocenters. The van der Waals surface area contributed by atoms with Gasteiger partial charge in [-0.2, -0.15) is 0 Å². The Labute approximate surface area is 77.9 Å². The van der Waals surface area contributed by atoms with Crippen LogP contribution in [0.1, 0.15) is 41.5 Å². The van der Waals surface area contributed by atoms with E-state index in [1.54, 1.807) is 0 Å². The third-order valence-electron chi connectivity index (χ3n) is 0.866. The minimum atomic E-state index is 0. The highest BCUT2D eigenvalue weighted by Gasteiger charge is 2.22. The smallest absolute Gasteiger partial charge is 0.147 e. The van der Waals surface area contributed by atoms with E-state index >= 15 is 0 Å². The highest BCUT2D eigenvalue weighted by Crippen LogP contribution is 2.33. The van der Waals surface area contributed by atoms with Gasteiger partial charge in [0.05, 0.1) is 0 Å². The van der Waals surface area contributed by atoms with E-state index in [2.05, 4.69) is 41.5 Å². The molecule has 0 amide bonds. The molecule has 61 valence electrons. The summed E-state index contributed by atoms with van der Waals surface area (Å²) < 4.78 is 1.14. The van der Waals surface area contributed by atoms with Crippen LogP contribution in [0.25, 0.3) is 0 Å². The van der Waals surface area contributed by atoms with Crippen molar-refractivity contribution in [1.29, 1.82) is 0 Å². The minimum absolute atomic E-state index is 0. The van der Waals surface area contributed by atoms with Crippen LogP contribution in [-0.2, 0) is 0 Å². The Balaban J connectivity index is 0. The summed E-state index contributed by atoms with van der Waals surface area (Å²) in [5.41, 5.74) is 0. The lowest BCUT2D eigenvalue weighted by Gasteiger charge is -2.26. The van der Waals surface area contributed by atoms with Gasteiger partial charge >= 0.3 is 0 Å². The summed E-state index contributed by atoms with van der Waals surface area (Å²) in [5.74, 6) is 0. The first-order valence-corrected chi connectivity index (χ1v) is 4.73. The summed E-state index contributed by atoms with van der Waals surface area (Å²) in [6.45, 7) is 14.0. The molecule has 1 radical (unpaired) electrons. The molecule has 0 aliphatic rings. The fraction of sp³-hybridized carbons (Fsp3) is 1.00. The van der Waals surface area contributed by atoms with Crippen molar-refractivity contribution in [2.45, 2.75) is 50.1 Å². The van der Waals surface area contributed by atoms with Gasteiger partial charge in [-0.1, -0.05) is 50.1 Å². The van der Waals surface area contributed by atoms with Crippen molar-refractivity contribution in [3.8, 4) is 0 Å². The highest BCUT2D eigenvalue weighted by atomic mass is 35.5. The first-order chi connectivity index (χ1) is 3.71. The van der Waals surface area contributed by atoms with Gasteiger partial charge in [-0.25, -0.2) is 0 Å². The molecule has 0 aliphatic heterocycles. The number of hydrogen-bond acceptors (Lipinski definition) is 0. The predicted octanol–water partition coefficient (Wildman–Crippen LogP) is 3.55. The summed E-state index contributed by atoms with van der Waals surface area (Å²) >= 11 is 0.569. The Kier molecular flexibility index (Phi) is 5.37. The molecule has 0 saturated heterocycles. The monoisotopic (exact) mass is 177 g/mol. The van der Waals surface area contributed by atoms with Gasteiger partial charge < -0.3 is 0 Å². The molecule has 0 fully saturated rings. The van der Waals surface area contributed by atoms with Crippen LogP contribution in [0.15, 0.2) is 0 Å². The largest absolute Gasteiger partial charge is 0.218 e. The van der Waals surface area contributed by atoms with Gasteiger partial charge in [-0.05, 0) is 0 Å². The standard InChI is InChI=1S/2C4H9.Al.ClH/c2*1-4(2)3;;/h2*1-3H3;;1H. The van der Waals surface area contributed by atoms with Crippen LogP contribution < -0.4 is 0 Å². The molecule has 0 rings (SSSR count). The molecule has 0 aromatic heterocycles. The van der Waals surface area contributed by atoms with Gasteiger partial charge in [0.15, 0.2) is 0 Å². The average Bonchev–Trinajstić information content (AvgIpc) is 1.14. The molecule has 0 N–H and O–H groups in total.